The number of rotatable bonds is 6. The Morgan fingerprint density at radius 3 is 2.50 bits per heavy atom. The zero-order valence-corrected chi connectivity index (χ0v) is 9.58. The maximum Gasteiger partial charge on any atom is 0.0704 e. The van der Waals surface area contributed by atoms with E-state index in [2.05, 4.69) is 20.8 Å². The van der Waals surface area contributed by atoms with Crippen molar-refractivity contribution >= 4 is 0 Å². The molecular weight excluding hydrogens is 178 g/mol. The van der Waals surface area contributed by atoms with Gasteiger partial charge in [-0.3, -0.25) is 0 Å². The predicted molar refractivity (Wildman–Crippen MR) is 57.2 cm³/mol. The molecule has 84 valence electrons. The second-order valence-corrected chi connectivity index (χ2v) is 4.64. The van der Waals surface area contributed by atoms with E-state index in [0.717, 1.165) is 19.4 Å². The van der Waals surface area contributed by atoms with Gasteiger partial charge in [0, 0.05) is 18.1 Å². The minimum atomic E-state index is 0.144. The van der Waals surface area contributed by atoms with Gasteiger partial charge >= 0.3 is 0 Å². The van der Waals surface area contributed by atoms with E-state index in [1.165, 1.54) is 0 Å². The van der Waals surface area contributed by atoms with E-state index < -0.39 is 0 Å². The predicted octanol–water partition coefficient (Wildman–Crippen LogP) is 1.56. The van der Waals surface area contributed by atoms with E-state index in [0.29, 0.717) is 25.4 Å². The van der Waals surface area contributed by atoms with E-state index >= 15 is 0 Å². The Balaban J connectivity index is 2.03. The van der Waals surface area contributed by atoms with Crippen molar-refractivity contribution in [2.75, 3.05) is 19.8 Å². The summed E-state index contributed by atoms with van der Waals surface area (Å²) in [5.41, 5.74) is 6.03. The zero-order valence-electron chi connectivity index (χ0n) is 9.58. The molecule has 0 heterocycles. The Morgan fingerprint density at radius 2 is 2.00 bits per heavy atom. The van der Waals surface area contributed by atoms with Gasteiger partial charge in [0.1, 0.15) is 0 Å². The average molecular weight is 201 g/mol. The summed E-state index contributed by atoms with van der Waals surface area (Å²) >= 11 is 0. The fourth-order valence-electron chi connectivity index (χ4n) is 1.69. The van der Waals surface area contributed by atoms with E-state index in [-0.39, 0.29) is 5.41 Å². The first-order chi connectivity index (χ1) is 6.59. The summed E-state index contributed by atoms with van der Waals surface area (Å²) < 4.78 is 11.0. The van der Waals surface area contributed by atoms with Crippen LogP contribution in [0.2, 0.25) is 0 Å². The molecule has 3 heteroatoms. The summed E-state index contributed by atoms with van der Waals surface area (Å²) in [6, 6.07) is 0.295. The largest absolute Gasteiger partial charge is 0.379 e. The topological polar surface area (TPSA) is 44.5 Å². The first kappa shape index (κ1) is 12.0. The second kappa shape index (κ2) is 5.10. The normalized spacial score (nSPS) is 30.0. The third-order valence-electron chi connectivity index (χ3n) is 3.15. The molecule has 0 saturated heterocycles. The highest BCUT2D eigenvalue weighted by Gasteiger charge is 2.46. The highest BCUT2D eigenvalue weighted by Crippen LogP contribution is 2.41. The first-order valence-electron chi connectivity index (χ1n) is 5.54. The Kier molecular flexibility index (Phi) is 4.35. The minimum absolute atomic E-state index is 0.144. The molecule has 0 aromatic rings. The van der Waals surface area contributed by atoms with Gasteiger partial charge in [0.05, 0.1) is 19.3 Å². The van der Waals surface area contributed by atoms with E-state index in [4.69, 9.17) is 15.2 Å². The third kappa shape index (κ3) is 2.69. The van der Waals surface area contributed by atoms with Crippen LogP contribution >= 0.6 is 0 Å². The lowest BCUT2D eigenvalue weighted by atomic mass is 9.65. The first-order valence-corrected chi connectivity index (χ1v) is 5.54. The van der Waals surface area contributed by atoms with Gasteiger partial charge in [-0.1, -0.05) is 20.8 Å². The van der Waals surface area contributed by atoms with Crippen LogP contribution in [0.3, 0.4) is 0 Å². The molecule has 2 atom stereocenters. The summed E-state index contributed by atoms with van der Waals surface area (Å²) in [4.78, 5) is 0. The number of hydrogen-bond acceptors (Lipinski definition) is 3. The molecule has 0 spiro atoms. The standard InChI is InChI=1S/C11H23NO2/c1-4-5-13-6-7-14-10-8-9(12)11(10,2)3/h9-10H,4-8,12H2,1-3H3. The van der Waals surface area contributed by atoms with Crippen molar-refractivity contribution in [1.82, 2.24) is 0 Å². The molecule has 0 aliphatic heterocycles. The molecule has 0 radical (unpaired) electrons. The number of nitrogens with two attached hydrogens (primary N) is 1. The lowest BCUT2D eigenvalue weighted by Crippen LogP contribution is -2.59. The fourth-order valence-corrected chi connectivity index (χ4v) is 1.69. The van der Waals surface area contributed by atoms with Crippen molar-refractivity contribution in [2.24, 2.45) is 11.1 Å². The summed E-state index contributed by atoms with van der Waals surface area (Å²) in [6.07, 6.45) is 2.38. The van der Waals surface area contributed by atoms with Gasteiger partial charge in [-0.2, -0.15) is 0 Å². The lowest BCUT2D eigenvalue weighted by molar-refractivity contribution is -0.118. The van der Waals surface area contributed by atoms with Crippen molar-refractivity contribution < 1.29 is 9.47 Å². The average Bonchev–Trinajstić information content (AvgIpc) is 2.16. The zero-order chi connectivity index (χ0) is 10.6. The monoisotopic (exact) mass is 201 g/mol. The molecule has 1 saturated carbocycles. The van der Waals surface area contributed by atoms with Crippen molar-refractivity contribution in [1.29, 1.82) is 0 Å². The molecule has 1 aliphatic rings. The Bertz CT molecular complexity index is 171. The van der Waals surface area contributed by atoms with Crippen LogP contribution in [-0.2, 0) is 9.47 Å². The summed E-state index contributed by atoms with van der Waals surface area (Å²) in [5, 5.41) is 0. The number of hydrogen-bond donors (Lipinski definition) is 1. The van der Waals surface area contributed by atoms with Gasteiger partial charge in [-0.25, -0.2) is 0 Å². The highest BCUT2D eigenvalue weighted by molar-refractivity contribution is 5.00. The van der Waals surface area contributed by atoms with E-state index in [1.54, 1.807) is 0 Å². The molecule has 1 rings (SSSR count). The van der Waals surface area contributed by atoms with Crippen LogP contribution in [0.5, 0.6) is 0 Å². The molecule has 2 N–H and O–H groups in total. The quantitative estimate of drug-likeness (QED) is 0.663. The lowest BCUT2D eigenvalue weighted by Gasteiger charge is -2.49. The second-order valence-electron chi connectivity index (χ2n) is 4.64. The smallest absolute Gasteiger partial charge is 0.0704 e. The maximum atomic E-state index is 5.89. The SMILES string of the molecule is CCCOCCOC1CC(N)C1(C)C. The molecule has 3 nitrogen and oxygen atoms in total. The van der Waals surface area contributed by atoms with Crippen LogP contribution in [0.4, 0.5) is 0 Å². The summed E-state index contributed by atoms with van der Waals surface area (Å²) in [5.74, 6) is 0. The van der Waals surface area contributed by atoms with E-state index in [9.17, 15) is 0 Å². The van der Waals surface area contributed by atoms with Crippen LogP contribution in [-0.4, -0.2) is 32.0 Å². The van der Waals surface area contributed by atoms with Gasteiger partial charge < -0.3 is 15.2 Å². The highest BCUT2D eigenvalue weighted by atomic mass is 16.5. The van der Waals surface area contributed by atoms with E-state index in [1.807, 2.05) is 0 Å². The van der Waals surface area contributed by atoms with Gasteiger partial charge in [-0.15, -0.1) is 0 Å². The van der Waals surface area contributed by atoms with Crippen LogP contribution < -0.4 is 5.73 Å². The molecule has 14 heavy (non-hydrogen) atoms. The molecular formula is C11H23NO2. The summed E-state index contributed by atoms with van der Waals surface area (Å²) in [7, 11) is 0. The maximum absolute atomic E-state index is 5.89. The van der Waals surface area contributed by atoms with Crippen molar-refractivity contribution in [3.05, 3.63) is 0 Å². The molecule has 0 aromatic carbocycles. The Hall–Kier alpha value is -0.120. The third-order valence-corrected chi connectivity index (χ3v) is 3.15. The van der Waals surface area contributed by atoms with Gasteiger partial charge in [-0.05, 0) is 12.8 Å². The van der Waals surface area contributed by atoms with Crippen molar-refractivity contribution in [2.45, 2.75) is 45.8 Å². The van der Waals surface area contributed by atoms with Crippen LogP contribution in [0.25, 0.3) is 0 Å². The molecule has 1 aliphatic carbocycles. The van der Waals surface area contributed by atoms with Gasteiger partial charge in [0.2, 0.25) is 0 Å². The Morgan fingerprint density at radius 1 is 1.29 bits per heavy atom. The molecule has 2 unspecified atom stereocenters. The van der Waals surface area contributed by atoms with Crippen molar-refractivity contribution in [3.63, 3.8) is 0 Å². The molecule has 0 amide bonds. The van der Waals surface area contributed by atoms with Gasteiger partial charge in [0.15, 0.2) is 0 Å². The van der Waals surface area contributed by atoms with Crippen LogP contribution in [0.15, 0.2) is 0 Å². The van der Waals surface area contributed by atoms with Gasteiger partial charge in [0.25, 0.3) is 0 Å². The van der Waals surface area contributed by atoms with Crippen LogP contribution in [0.1, 0.15) is 33.6 Å². The molecule has 0 aromatic heterocycles. The van der Waals surface area contributed by atoms with Crippen molar-refractivity contribution in [3.8, 4) is 0 Å². The Labute approximate surface area is 86.9 Å². The molecule has 0 bridgehead atoms. The fraction of sp³-hybridized carbons (Fsp3) is 1.00. The van der Waals surface area contributed by atoms with Crippen LogP contribution in [0, 0.1) is 5.41 Å². The number of ether oxygens (including phenoxy) is 2. The minimum Gasteiger partial charge on any atom is -0.379 e. The summed E-state index contributed by atoms with van der Waals surface area (Å²) in [6.45, 7) is 8.67. The molecule has 1 fully saturated rings.